The van der Waals surface area contributed by atoms with Gasteiger partial charge in [0.05, 0.1) is 6.54 Å². The first kappa shape index (κ1) is 17.9. The van der Waals surface area contributed by atoms with Crippen LogP contribution in [-0.4, -0.2) is 30.1 Å². The summed E-state index contributed by atoms with van der Waals surface area (Å²) in [6.45, 7) is 0.0815. The molecule has 0 spiro atoms. The fraction of sp³-hybridized carbons (Fsp3) is 0.250. The third-order valence-corrected chi connectivity index (χ3v) is 4.15. The van der Waals surface area contributed by atoms with E-state index in [1.807, 2.05) is 30.3 Å². The Kier molecular flexibility index (Phi) is 5.21. The number of nitrogens with zero attached hydrogens (tertiary/aromatic N) is 1. The van der Waals surface area contributed by atoms with Gasteiger partial charge >= 0.3 is 5.97 Å². The minimum atomic E-state index is -2.65. The molecule has 6 heteroatoms. The molecule has 2 aromatic carbocycles. The molecule has 1 aliphatic heterocycles. The Morgan fingerprint density at radius 1 is 1.15 bits per heavy atom. The first-order valence-electron chi connectivity index (χ1n) is 8.27. The average Bonchev–Trinajstić information content (AvgIpc) is 3.01. The fourth-order valence-corrected chi connectivity index (χ4v) is 2.75. The Hall–Kier alpha value is -2.89. The van der Waals surface area contributed by atoms with Gasteiger partial charge in [0.2, 0.25) is 5.76 Å². The maximum atomic E-state index is 13.3. The van der Waals surface area contributed by atoms with Crippen LogP contribution in [0, 0.1) is 0 Å². The van der Waals surface area contributed by atoms with Crippen LogP contribution >= 0.6 is 0 Å². The predicted octanol–water partition coefficient (Wildman–Crippen LogP) is 4.17. The summed E-state index contributed by atoms with van der Waals surface area (Å²) in [5.41, 5.74) is 2.08. The van der Waals surface area contributed by atoms with Crippen molar-refractivity contribution in [2.24, 2.45) is 0 Å². The van der Waals surface area contributed by atoms with Crippen LogP contribution in [0.4, 0.5) is 14.5 Å². The third-order valence-electron chi connectivity index (χ3n) is 4.15. The number of carbonyl (C=O) groups excluding carboxylic acids is 1. The van der Waals surface area contributed by atoms with Crippen LogP contribution in [0.15, 0.2) is 60.4 Å². The van der Waals surface area contributed by atoms with E-state index >= 15 is 0 Å². The molecule has 3 rings (SSSR count). The molecule has 136 valence electrons. The van der Waals surface area contributed by atoms with Crippen LogP contribution in [0.5, 0.6) is 0 Å². The highest BCUT2D eigenvalue weighted by Gasteiger charge is 2.38. The Labute approximate surface area is 150 Å². The molecule has 1 heterocycles. The SMILES string of the molecule is O=C(OCc1ccccc1)/C(O)=C\c1ccc(N2CCC(F)(F)C2)cc1. The Bertz CT molecular complexity index is 788. The van der Waals surface area contributed by atoms with Crippen molar-refractivity contribution in [3.63, 3.8) is 0 Å². The van der Waals surface area contributed by atoms with Crippen LogP contribution in [0.25, 0.3) is 6.08 Å². The van der Waals surface area contributed by atoms with E-state index in [-0.39, 0.29) is 19.6 Å². The van der Waals surface area contributed by atoms with E-state index < -0.39 is 17.7 Å². The Morgan fingerprint density at radius 2 is 1.85 bits per heavy atom. The summed E-state index contributed by atoms with van der Waals surface area (Å²) in [7, 11) is 0. The van der Waals surface area contributed by atoms with Gasteiger partial charge in [0.15, 0.2) is 0 Å². The zero-order valence-electron chi connectivity index (χ0n) is 14.1. The van der Waals surface area contributed by atoms with E-state index in [1.165, 1.54) is 6.08 Å². The van der Waals surface area contributed by atoms with Crippen LogP contribution in [-0.2, 0) is 16.1 Å². The van der Waals surface area contributed by atoms with E-state index in [2.05, 4.69) is 0 Å². The van der Waals surface area contributed by atoms with Gasteiger partial charge in [-0.1, -0.05) is 42.5 Å². The highest BCUT2D eigenvalue weighted by Crippen LogP contribution is 2.30. The highest BCUT2D eigenvalue weighted by molar-refractivity contribution is 5.91. The lowest BCUT2D eigenvalue weighted by Crippen LogP contribution is -2.24. The standard InChI is InChI=1S/C20H19F2NO3/c21-20(22)10-11-23(14-20)17-8-6-15(7-9-17)12-18(24)19(25)26-13-16-4-2-1-3-5-16/h1-9,12,24H,10-11,13-14H2/b18-12+. The largest absolute Gasteiger partial charge is 0.502 e. The molecule has 0 radical (unpaired) electrons. The van der Waals surface area contributed by atoms with Gasteiger partial charge in [-0.3, -0.25) is 0 Å². The van der Waals surface area contributed by atoms with E-state index in [9.17, 15) is 18.7 Å². The van der Waals surface area contributed by atoms with Crippen molar-refractivity contribution in [3.8, 4) is 0 Å². The first-order valence-corrected chi connectivity index (χ1v) is 8.27. The molecule has 0 amide bonds. The second kappa shape index (κ2) is 7.56. The molecule has 0 saturated carbocycles. The summed E-state index contributed by atoms with van der Waals surface area (Å²) in [5, 5.41) is 9.88. The van der Waals surface area contributed by atoms with Crippen molar-refractivity contribution in [3.05, 3.63) is 71.5 Å². The summed E-state index contributed by atoms with van der Waals surface area (Å²) >= 11 is 0. The van der Waals surface area contributed by atoms with E-state index in [0.29, 0.717) is 17.8 Å². The molecule has 1 aliphatic rings. The van der Waals surface area contributed by atoms with E-state index in [4.69, 9.17) is 4.74 Å². The van der Waals surface area contributed by atoms with Gasteiger partial charge in [-0.2, -0.15) is 0 Å². The topological polar surface area (TPSA) is 49.8 Å². The van der Waals surface area contributed by atoms with Gasteiger partial charge in [0.25, 0.3) is 5.92 Å². The van der Waals surface area contributed by atoms with E-state index in [1.54, 1.807) is 29.2 Å². The summed E-state index contributed by atoms with van der Waals surface area (Å²) in [5.74, 6) is -3.99. The molecule has 1 fully saturated rings. The molecule has 1 saturated heterocycles. The maximum Gasteiger partial charge on any atom is 0.373 e. The zero-order valence-corrected chi connectivity index (χ0v) is 14.1. The van der Waals surface area contributed by atoms with E-state index in [0.717, 1.165) is 5.56 Å². The van der Waals surface area contributed by atoms with Gasteiger partial charge in [-0.05, 0) is 29.3 Å². The average molecular weight is 359 g/mol. The van der Waals surface area contributed by atoms with Gasteiger partial charge in [0.1, 0.15) is 6.61 Å². The maximum absolute atomic E-state index is 13.3. The Balaban J connectivity index is 1.59. The lowest BCUT2D eigenvalue weighted by atomic mass is 10.1. The summed E-state index contributed by atoms with van der Waals surface area (Å²) in [6.07, 6.45) is 1.14. The van der Waals surface area contributed by atoms with Crippen LogP contribution < -0.4 is 4.90 Å². The first-order chi connectivity index (χ1) is 12.4. The number of aliphatic hydroxyl groups is 1. The number of carbonyl (C=O) groups is 1. The van der Waals surface area contributed by atoms with Gasteiger partial charge in [-0.15, -0.1) is 0 Å². The monoisotopic (exact) mass is 359 g/mol. The quantitative estimate of drug-likeness (QED) is 0.494. The molecular formula is C20H19F2NO3. The van der Waals surface area contributed by atoms with Crippen LogP contribution in [0.3, 0.4) is 0 Å². The number of anilines is 1. The van der Waals surface area contributed by atoms with Gasteiger partial charge in [0, 0.05) is 18.7 Å². The summed E-state index contributed by atoms with van der Waals surface area (Å²) < 4.78 is 31.6. The molecule has 0 atom stereocenters. The lowest BCUT2D eigenvalue weighted by molar-refractivity contribution is -0.143. The molecule has 4 nitrogen and oxygen atoms in total. The minimum absolute atomic E-state index is 0.0691. The smallest absolute Gasteiger partial charge is 0.373 e. The van der Waals surface area contributed by atoms with Gasteiger partial charge < -0.3 is 14.7 Å². The highest BCUT2D eigenvalue weighted by atomic mass is 19.3. The van der Waals surface area contributed by atoms with Crippen molar-refractivity contribution in [1.82, 2.24) is 0 Å². The van der Waals surface area contributed by atoms with Gasteiger partial charge in [-0.25, -0.2) is 13.6 Å². The summed E-state index contributed by atoms with van der Waals surface area (Å²) in [6, 6.07) is 15.8. The van der Waals surface area contributed by atoms with Crippen molar-refractivity contribution >= 4 is 17.7 Å². The third kappa shape index (κ3) is 4.59. The van der Waals surface area contributed by atoms with Crippen LogP contribution in [0.1, 0.15) is 17.5 Å². The summed E-state index contributed by atoms with van der Waals surface area (Å²) in [4.78, 5) is 13.4. The fourth-order valence-electron chi connectivity index (χ4n) is 2.75. The predicted molar refractivity (Wildman–Crippen MR) is 95.1 cm³/mol. The zero-order chi connectivity index (χ0) is 18.6. The minimum Gasteiger partial charge on any atom is -0.502 e. The molecule has 26 heavy (non-hydrogen) atoms. The molecule has 0 bridgehead atoms. The number of benzene rings is 2. The molecule has 0 aromatic heterocycles. The Morgan fingerprint density at radius 3 is 2.46 bits per heavy atom. The number of ether oxygens (including phenoxy) is 1. The molecule has 2 aromatic rings. The van der Waals surface area contributed by atoms with Crippen molar-refractivity contribution in [1.29, 1.82) is 0 Å². The lowest BCUT2D eigenvalue weighted by Gasteiger charge is -2.18. The number of hydrogen-bond donors (Lipinski definition) is 1. The molecular weight excluding hydrogens is 340 g/mol. The number of hydrogen-bond acceptors (Lipinski definition) is 4. The normalized spacial score (nSPS) is 16.5. The second-order valence-electron chi connectivity index (χ2n) is 6.21. The second-order valence-corrected chi connectivity index (χ2v) is 6.21. The molecule has 0 unspecified atom stereocenters. The number of halogens is 2. The number of aliphatic hydroxyl groups excluding tert-OH is 1. The van der Waals surface area contributed by atoms with Crippen molar-refractivity contribution in [2.75, 3.05) is 18.0 Å². The van der Waals surface area contributed by atoms with Crippen molar-refractivity contribution < 1.29 is 23.4 Å². The molecule has 0 aliphatic carbocycles. The molecule has 1 N–H and O–H groups in total. The number of rotatable bonds is 5. The number of esters is 1. The van der Waals surface area contributed by atoms with Crippen LogP contribution in [0.2, 0.25) is 0 Å². The number of alkyl halides is 2. The van der Waals surface area contributed by atoms with Crippen molar-refractivity contribution in [2.45, 2.75) is 19.0 Å².